The Balaban J connectivity index is 1.92. The van der Waals surface area contributed by atoms with Gasteiger partial charge in [-0.05, 0) is 50.4 Å². The molecule has 2 unspecified atom stereocenters. The molecule has 0 amide bonds. The van der Waals surface area contributed by atoms with Gasteiger partial charge in [0.25, 0.3) is 0 Å². The highest BCUT2D eigenvalue weighted by Crippen LogP contribution is 2.53. The van der Waals surface area contributed by atoms with Crippen molar-refractivity contribution >= 4 is 0 Å². The first-order valence-corrected chi connectivity index (χ1v) is 7.21. The molecule has 4 heteroatoms. The molecule has 1 aliphatic carbocycles. The van der Waals surface area contributed by atoms with E-state index in [1.165, 1.54) is 6.42 Å². The summed E-state index contributed by atoms with van der Waals surface area (Å²) in [6, 6.07) is 0. The van der Waals surface area contributed by atoms with Gasteiger partial charge >= 0.3 is 0 Å². The summed E-state index contributed by atoms with van der Waals surface area (Å²) in [5.41, 5.74) is -0.323. The van der Waals surface area contributed by atoms with E-state index in [9.17, 15) is 5.11 Å². The molecule has 0 aromatic heterocycles. The van der Waals surface area contributed by atoms with E-state index in [0.717, 1.165) is 25.7 Å². The van der Waals surface area contributed by atoms with Crippen LogP contribution in [0, 0.1) is 17.8 Å². The highest BCUT2D eigenvalue weighted by atomic mass is 17.2. The van der Waals surface area contributed by atoms with Crippen LogP contribution in [-0.2, 0) is 14.5 Å². The molecule has 5 atom stereocenters. The molecule has 4 fully saturated rings. The van der Waals surface area contributed by atoms with E-state index in [4.69, 9.17) is 14.5 Å². The highest BCUT2D eigenvalue weighted by molar-refractivity contribution is 5.02. The first-order chi connectivity index (χ1) is 8.60. The van der Waals surface area contributed by atoms with Crippen molar-refractivity contribution < 1.29 is 19.6 Å². The average molecular weight is 256 g/mol. The lowest BCUT2D eigenvalue weighted by Gasteiger charge is -2.51. The van der Waals surface area contributed by atoms with Gasteiger partial charge in [-0.3, -0.25) is 0 Å². The van der Waals surface area contributed by atoms with Crippen molar-refractivity contribution in [3.05, 3.63) is 0 Å². The van der Waals surface area contributed by atoms with Crippen molar-refractivity contribution in [2.24, 2.45) is 17.8 Å². The fraction of sp³-hybridized carbons (Fsp3) is 1.00. The van der Waals surface area contributed by atoms with Crippen LogP contribution >= 0.6 is 0 Å². The molecule has 1 saturated carbocycles. The molecular formula is C14H24O4. The smallest absolute Gasteiger partial charge is 0.198 e. The van der Waals surface area contributed by atoms with Gasteiger partial charge in [-0.1, -0.05) is 6.92 Å². The molecule has 18 heavy (non-hydrogen) atoms. The third-order valence-electron chi connectivity index (χ3n) is 5.34. The van der Waals surface area contributed by atoms with E-state index >= 15 is 0 Å². The second-order valence-corrected chi connectivity index (χ2v) is 6.45. The van der Waals surface area contributed by atoms with E-state index in [1.807, 2.05) is 6.92 Å². The summed E-state index contributed by atoms with van der Waals surface area (Å²) in [5, 5.41) is 9.28. The SMILES string of the molecule is C[C@@H]1CCC(CCO)[C@@]23COC(C)(CC[C@@H]12)OO3. The summed E-state index contributed by atoms with van der Waals surface area (Å²) in [5.74, 6) is 0.928. The first kappa shape index (κ1) is 12.9. The topological polar surface area (TPSA) is 47.9 Å². The largest absolute Gasteiger partial charge is 0.396 e. The Hall–Kier alpha value is -0.160. The molecule has 2 bridgehead atoms. The van der Waals surface area contributed by atoms with Gasteiger partial charge in [0, 0.05) is 13.0 Å². The molecule has 4 nitrogen and oxygen atoms in total. The zero-order valence-corrected chi connectivity index (χ0v) is 11.4. The van der Waals surface area contributed by atoms with Gasteiger partial charge in [0.2, 0.25) is 0 Å². The summed E-state index contributed by atoms with van der Waals surface area (Å²) in [7, 11) is 0. The minimum Gasteiger partial charge on any atom is -0.396 e. The maximum absolute atomic E-state index is 9.28. The fourth-order valence-corrected chi connectivity index (χ4v) is 4.13. The summed E-state index contributed by atoms with van der Waals surface area (Å²) in [6.07, 6.45) is 5.10. The molecule has 0 radical (unpaired) electrons. The van der Waals surface area contributed by atoms with Gasteiger partial charge in [0.15, 0.2) is 5.79 Å². The number of rotatable bonds is 2. The Labute approximate surface area is 109 Å². The lowest BCUT2D eigenvalue weighted by molar-refractivity contribution is -0.515. The Morgan fingerprint density at radius 2 is 2.06 bits per heavy atom. The standard InChI is InChI=1S/C14H24O4/c1-10-3-4-11(6-8-15)14-9-16-13(2,17-18-14)7-5-12(10)14/h10-12,15H,3-9H2,1-2H3/t10-,11?,12+,13?,14+/m1/s1. The van der Waals surface area contributed by atoms with E-state index < -0.39 is 5.79 Å². The van der Waals surface area contributed by atoms with Crippen LogP contribution in [0.15, 0.2) is 0 Å². The second-order valence-electron chi connectivity index (χ2n) is 6.45. The van der Waals surface area contributed by atoms with Crippen LogP contribution in [0.3, 0.4) is 0 Å². The van der Waals surface area contributed by atoms with E-state index in [2.05, 4.69) is 6.92 Å². The van der Waals surface area contributed by atoms with E-state index in [0.29, 0.717) is 24.4 Å². The third kappa shape index (κ3) is 1.82. The summed E-state index contributed by atoms with van der Waals surface area (Å²) >= 11 is 0. The summed E-state index contributed by atoms with van der Waals surface area (Å²) in [4.78, 5) is 11.5. The maximum atomic E-state index is 9.28. The van der Waals surface area contributed by atoms with Crippen molar-refractivity contribution in [2.75, 3.05) is 13.2 Å². The quantitative estimate of drug-likeness (QED) is 0.770. The molecule has 4 aliphatic rings. The Kier molecular flexibility index (Phi) is 3.17. The number of fused-ring (bicyclic) bond motifs is 3. The van der Waals surface area contributed by atoms with Crippen molar-refractivity contribution in [3.63, 3.8) is 0 Å². The molecule has 3 heterocycles. The molecule has 1 N–H and O–H groups in total. The van der Waals surface area contributed by atoms with Crippen LogP contribution in [0.25, 0.3) is 0 Å². The number of hydrogen-bond donors (Lipinski definition) is 1. The molecular weight excluding hydrogens is 232 g/mol. The van der Waals surface area contributed by atoms with Crippen molar-refractivity contribution in [1.29, 1.82) is 0 Å². The van der Waals surface area contributed by atoms with Crippen molar-refractivity contribution in [2.45, 2.75) is 57.3 Å². The Bertz CT molecular complexity index is 309. The molecule has 0 aromatic rings. The zero-order valence-electron chi connectivity index (χ0n) is 11.4. The Morgan fingerprint density at radius 1 is 1.22 bits per heavy atom. The second kappa shape index (κ2) is 4.44. The molecule has 4 rings (SSSR count). The maximum Gasteiger partial charge on any atom is 0.198 e. The van der Waals surface area contributed by atoms with Gasteiger partial charge in [-0.15, -0.1) is 0 Å². The number of hydrogen-bond acceptors (Lipinski definition) is 4. The minimum absolute atomic E-state index is 0.216. The fourth-order valence-electron chi connectivity index (χ4n) is 4.13. The van der Waals surface area contributed by atoms with Gasteiger partial charge in [-0.2, -0.15) is 0 Å². The van der Waals surface area contributed by atoms with Gasteiger partial charge < -0.3 is 9.84 Å². The van der Waals surface area contributed by atoms with Crippen molar-refractivity contribution in [3.8, 4) is 0 Å². The van der Waals surface area contributed by atoms with E-state index in [-0.39, 0.29) is 12.2 Å². The predicted octanol–water partition coefficient (Wildman–Crippen LogP) is 2.26. The molecule has 0 aromatic carbocycles. The van der Waals surface area contributed by atoms with Crippen LogP contribution in [0.1, 0.15) is 46.0 Å². The van der Waals surface area contributed by atoms with Gasteiger partial charge in [0.05, 0.1) is 6.61 Å². The summed E-state index contributed by atoms with van der Waals surface area (Å²) < 4.78 is 5.95. The number of aliphatic hydroxyl groups is 1. The van der Waals surface area contributed by atoms with Crippen LogP contribution in [0.2, 0.25) is 0 Å². The van der Waals surface area contributed by atoms with E-state index in [1.54, 1.807) is 0 Å². The lowest BCUT2D eigenvalue weighted by atomic mass is 9.62. The van der Waals surface area contributed by atoms with Crippen LogP contribution in [0.4, 0.5) is 0 Å². The first-order valence-electron chi connectivity index (χ1n) is 7.21. The third-order valence-corrected chi connectivity index (χ3v) is 5.34. The molecule has 1 spiro atoms. The predicted molar refractivity (Wildman–Crippen MR) is 65.6 cm³/mol. The average Bonchev–Trinajstić information content (AvgIpc) is 2.61. The number of aliphatic hydroxyl groups excluding tert-OH is 1. The lowest BCUT2D eigenvalue weighted by Crippen LogP contribution is -2.59. The van der Waals surface area contributed by atoms with Crippen molar-refractivity contribution in [1.82, 2.24) is 0 Å². The van der Waals surface area contributed by atoms with Crippen LogP contribution < -0.4 is 0 Å². The number of ether oxygens (including phenoxy) is 1. The zero-order chi connectivity index (χ0) is 12.8. The van der Waals surface area contributed by atoms with Crippen LogP contribution in [-0.4, -0.2) is 29.7 Å². The highest BCUT2D eigenvalue weighted by Gasteiger charge is 2.59. The molecule has 3 saturated heterocycles. The van der Waals surface area contributed by atoms with Crippen LogP contribution in [0.5, 0.6) is 0 Å². The molecule has 104 valence electrons. The molecule has 3 aliphatic heterocycles. The monoisotopic (exact) mass is 256 g/mol. The summed E-state index contributed by atoms with van der Waals surface area (Å²) in [6.45, 7) is 5.10. The minimum atomic E-state index is -0.563. The van der Waals surface area contributed by atoms with Gasteiger partial charge in [-0.25, -0.2) is 9.78 Å². The Morgan fingerprint density at radius 3 is 2.72 bits per heavy atom. The van der Waals surface area contributed by atoms with Gasteiger partial charge in [0.1, 0.15) is 5.60 Å². The normalized spacial score (nSPS) is 51.8.